The fourth-order valence-electron chi connectivity index (χ4n) is 5.40. The van der Waals surface area contributed by atoms with Crippen LogP contribution in [0.5, 0.6) is 0 Å². The number of hydrogen-bond donors (Lipinski definition) is 1. The molecule has 2 fully saturated rings. The van der Waals surface area contributed by atoms with E-state index < -0.39 is 6.09 Å². The molecule has 8 heteroatoms. The molecule has 3 aliphatic rings. The topological polar surface area (TPSA) is 78.7 Å². The van der Waals surface area contributed by atoms with Gasteiger partial charge in [-0.2, -0.15) is 5.10 Å². The molecule has 1 N–H and O–H groups in total. The van der Waals surface area contributed by atoms with Crippen molar-refractivity contribution in [3.05, 3.63) is 71.3 Å². The minimum Gasteiger partial charge on any atom is -0.465 e. The SMILES string of the molecule is O=C(O)N1CCCC(c2c(C(=O)N3CCC(C4=CCCC=C4)C3)cnn2-c2ccc(F)cc2)C1. The molecule has 0 saturated carbocycles. The molecule has 34 heavy (non-hydrogen) atoms. The molecule has 7 nitrogen and oxygen atoms in total. The summed E-state index contributed by atoms with van der Waals surface area (Å²) in [5.41, 5.74) is 3.19. The summed E-state index contributed by atoms with van der Waals surface area (Å²) < 4.78 is 15.2. The predicted octanol–water partition coefficient (Wildman–Crippen LogP) is 4.61. The van der Waals surface area contributed by atoms with Crippen molar-refractivity contribution in [3.63, 3.8) is 0 Å². The molecule has 3 heterocycles. The maximum Gasteiger partial charge on any atom is 0.407 e. The van der Waals surface area contributed by atoms with Gasteiger partial charge in [0.15, 0.2) is 0 Å². The average molecular weight is 465 g/mol. The quantitative estimate of drug-likeness (QED) is 0.717. The predicted molar refractivity (Wildman–Crippen MR) is 126 cm³/mol. The first kappa shape index (κ1) is 22.4. The number of rotatable bonds is 4. The van der Waals surface area contributed by atoms with Crippen molar-refractivity contribution in [2.75, 3.05) is 26.2 Å². The Morgan fingerprint density at radius 3 is 2.53 bits per heavy atom. The lowest BCUT2D eigenvalue weighted by Crippen LogP contribution is -2.39. The van der Waals surface area contributed by atoms with E-state index in [0.717, 1.165) is 25.7 Å². The summed E-state index contributed by atoms with van der Waals surface area (Å²) in [4.78, 5) is 28.6. The van der Waals surface area contributed by atoms with Crippen LogP contribution in [0, 0.1) is 11.7 Å². The monoisotopic (exact) mass is 464 g/mol. The standard InChI is InChI=1S/C26H29FN4O3/c27-21-8-10-22(11-9-21)31-24(20-7-4-13-30(17-20)26(33)34)23(15-28-31)25(32)29-14-12-19(16-29)18-5-2-1-3-6-18/h2,5-6,8-11,15,19-20H,1,3-4,7,12-14,16-17H2,(H,33,34). The van der Waals surface area contributed by atoms with Crippen LogP contribution in [0.3, 0.4) is 0 Å². The van der Waals surface area contributed by atoms with E-state index in [2.05, 4.69) is 23.3 Å². The van der Waals surface area contributed by atoms with Crippen LogP contribution in [0.15, 0.2) is 54.3 Å². The van der Waals surface area contributed by atoms with Gasteiger partial charge >= 0.3 is 6.09 Å². The second kappa shape index (κ2) is 9.44. The fraction of sp³-hybridized carbons (Fsp3) is 0.423. The molecule has 1 aromatic heterocycles. The zero-order valence-electron chi connectivity index (χ0n) is 19.1. The van der Waals surface area contributed by atoms with E-state index in [9.17, 15) is 19.1 Å². The lowest BCUT2D eigenvalue weighted by molar-refractivity contribution is 0.0786. The Bertz CT molecular complexity index is 1140. The molecule has 1 aromatic carbocycles. The number of likely N-dealkylation sites (tertiary alicyclic amines) is 2. The molecule has 2 unspecified atom stereocenters. The third-order valence-corrected chi connectivity index (χ3v) is 7.16. The molecule has 1 aliphatic carbocycles. The Kier molecular flexibility index (Phi) is 6.22. The van der Waals surface area contributed by atoms with Crippen LogP contribution in [0.1, 0.15) is 54.1 Å². The number of aromatic nitrogens is 2. The zero-order valence-corrected chi connectivity index (χ0v) is 19.1. The number of nitrogens with zero attached hydrogens (tertiary/aromatic N) is 4. The molecular weight excluding hydrogens is 435 g/mol. The fourth-order valence-corrected chi connectivity index (χ4v) is 5.40. The van der Waals surface area contributed by atoms with Crippen molar-refractivity contribution in [1.29, 1.82) is 0 Å². The van der Waals surface area contributed by atoms with Gasteiger partial charge in [-0.1, -0.05) is 18.2 Å². The lowest BCUT2D eigenvalue weighted by atomic mass is 9.91. The van der Waals surface area contributed by atoms with Crippen LogP contribution in [0.4, 0.5) is 9.18 Å². The van der Waals surface area contributed by atoms with E-state index in [0.29, 0.717) is 55.5 Å². The van der Waals surface area contributed by atoms with Gasteiger partial charge in [0, 0.05) is 38.0 Å². The molecule has 5 rings (SSSR count). The largest absolute Gasteiger partial charge is 0.465 e. The summed E-state index contributed by atoms with van der Waals surface area (Å²) in [6, 6.07) is 5.99. The minimum absolute atomic E-state index is 0.0706. The minimum atomic E-state index is -0.957. The zero-order chi connectivity index (χ0) is 23.7. The Hall–Kier alpha value is -3.42. The van der Waals surface area contributed by atoms with Gasteiger partial charge in [0.1, 0.15) is 5.82 Å². The van der Waals surface area contributed by atoms with Crippen molar-refractivity contribution >= 4 is 12.0 Å². The van der Waals surface area contributed by atoms with E-state index in [4.69, 9.17) is 0 Å². The number of benzene rings is 1. The van der Waals surface area contributed by atoms with E-state index in [1.165, 1.54) is 22.6 Å². The molecule has 2 aromatic rings. The lowest BCUT2D eigenvalue weighted by Gasteiger charge is -2.32. The van der Waals surface area contributed by atoms with Crippen molar-refractivity contribution in [2.24, 2.45) is 5.92 Å². The third kappa shape index (κ3) is 4.36. The summed E-state index contributed by atoms with van der Waals surface area (Å²) in [5, 5.41) is 14.1. The number of amides is 2. The van der Waals surface area contributed by atoms with Gasteiger partial charge in [-0.15, -0.1) is 0 Å². The van der Waals surface area contributed by atoms with Gasteiger partial charge in [0.05, 0.1) is 23.1 Å². The summed E-state index contributed by atoms with van der Waals surface area (Å²) in [7, 11) is 0. The van der Waals surface area contributed by atoms with E-state index in [1.807, 2.05) is 4.90 Å². The molecule has 2 amide bonds. The molecule has 2 saturated heterocycles. The summed E-state index contributed by atoms with van der Waals surface area (Å²) in [6.07, 6.45) is 11.8. The maximum absolute atomic E-state index is 13.7. The Labute approximate surface area is 198 Å². The van der Waals surface area contributed by atoms with Gasteiger partial charge in [-0.25, -0.2) is 13.9 Å². The number of carbonyl (C=O) groups is 2. The second-order valence-corrected chi connectivity index (χ2v) is 9.32. The first-order valence-corrected chi connectivity index (χ1v) is 12.0. The Balaban J connectivity index is 1.46. The van der Waals surface area contributed by atoms with Gasteiger partial charge in [0.25, 0.3) is 5.91 Å². The summed E-state index contributed by atoms with van der Waals surface area (Å²) in [5.74, 6) is -0.247. The summed E-state index contributed by atoms with van der Waals surface area (Å²) >= 11 is 0. The number of piperidine rings is 1. The van der Waals surface area contributed by atoms with Gasteiger partial charge in [-0.05, 0) is 61.9 Å². The van der Waals surface area contributed by atoms with Crippen molar-refractivity contribution < 1.29 is 19.1 Å². The van der Waals surface area contributed by atoms with E-state index in [-0.39, 0.29) is 17.6 Å². The van der Waals surface area contributed by atoms with Crippen LogP contribution in [-0.2, 0) is 0 Å². The van der Waals surface area contributed by atoms with Gasteiger partial charge < -0.3 is 14.9 Å². The molecule has 2 atom stereocenters. The van der Waals surface area contributed by atoms with Gasteiger partial charge in [-0.3, -0.25) is 4.79 Å². The van der Waals surface area contributed by atoms with Crippen molar-refractivity contribution in [1.82, 2.24) is 19.6 Å². The molecule has 0 bridgehead atoms. The maximum atomic E-state index is 13.7. The highest BCUT2D eigenvalue weighted by Gasteiger charge is 2.35. The molecule has 0 spiro atoms. The van der Waals surface area contributed by atoms with Crippen molar-refractivity contribution in [3.8, 4) is 5.69 Å². The molecule has 178 valence electrons. The third-order valence-electron chi connectivity index (χ3n) is 7.16. The number of allylic oxidation sites excluding steroid dienone is 3. The average Bonchev–Trinajstić information content (AvgIpc) is 3.53. The first-order valence-electron chi connectivity index (χ1n) is 12.0. The van der Waals surface area contributed by atoms with Crippen LogP contribution < -0.4 is 0 Å². The smallest absolute Gasteiger partial charge is 0.407 e. The molecular formula is C26H29FN4O3. The van der Waals surface area contributed by atoms with Crippen LogP contribution >= 0.6 is 0 Å². The highest BCUT2D eigenvalue weighted by molar-refractivity contribution is 5.95. The number of hydrogen-bond acceptors (Lipinski definition) is 3. The summed E-state index contributed by atoms with van der Waals surface area (Å²) in [6.45, 7) is 2.14. The number of carbonyl (C=O) groups excluding carboxylic acids is 1. The highest BCUT2D eigenvalue weighted by Crippen LogP contribution is 2.34. The van der Waals surface area contributed by atoms with Crippen molar-refractivity contribution in [2.45, 2.75) is 38.0 Å². The number of halogens is 1. The van der Waals surface area contributed by atoms with Gasteiger partial charge in [0.2, 0.25) is 0 Å². The van der Waals surface area contributed by atoms with Crippen LogP contribution in [-0.4, -0.2) is 62.9 Å². The molecule has 0 radical (unpaired) electrons. The van der Waals surface area contributed by atoms with Crippen LogP contribution in [0.25, 0.3) is 5.69 Å². The normalized spacial score (nSPS) is 22.7. The molecule has 2 aliphatic heterocycles. The van der Waals surface area contributed by atoms with E-state index >= 15 is 0 Å². The second-order valence-electron chi connectivity index (χ2n) is 9.32. The number of carboxylic acid groups (broad SMARTS) is 1. The Morgan fingerprint density at radius 1 is 1.00 bits per heavy atom. The Morgan fingerprint density at radius 2 is 1.79 bits per heavy atom. The highest BCUT2D eigenvalue weighted by atomic mass is 19.1. The first-order chi connectivity index (χ1) is 16.5. The van der Waals surface area contributed by atoms with Crippen LogP contribution in [0.2, 0.25) is 0 Å². The van der Waals surface area contributed by atoms with E-state index in [1.54, 1.807) is 23.0 Å².